The molecule has 0 unspecified atom stereocenters. The summed E-state index contributed by atoms with van der Waals surface area (Å²) in [4.78, 5) is 17.2. The number of aromatic nitrogens is 3. The molecule has 0 bridgehead atoms. The summed E-state index contributed by atoms with van der Waals surface area (Å²) in [7, 11) is 0. The summed E-state index contributed by atoms with van der Waals surface area (Å²) < 4.78 is 1.44. The van der Waals surface area contributed by atoms with Crippen LogP contribution in [0.3, 0.4) is 0 Å². The van der Waals surface area contributed by atoms with E-state index in [2.05, 4.69) is 9.97 Å². The first kappa shape index (κ1) is 5.22. The Kier molecular flexibility index (Phi) is 0.887. The van der Waals surface area contributed by atoms with E-state index in [1.54, 1.807) is 12.3 Å². The minimum absolute atomic E-state index is 0.251. The summed E-state index contributed by atoms with van der Waals surface area (Å²) >= 11 is 0. The predicted molar refractivity (Wildman–Crippen MR) is 35.8 cm³/mol. The molecule has 0 saturated carbocycles. The van der Waals surface area contributed by atoms with Gasteiger partial charge < -0.3 is 4.98 Å². The van der Waals surface area contributed by atoms with Gasteiger partial charge in [0.2, 0.25) is 0 Å². The quantitative estimate of drug-likeness (QED) is 0.553. The number of aromatic amines is 1. The fourth-order valence-corrected chi connectivity index (χ4v) is 0.881. The topological polar surface area (TPSA) is 50.2 Å². The van der Waals surface area contributed by atoms with Crippen molar-refractivity contribution in [3.63, 3.8) is 0 Å². The van der Waals surface area contributed by atoms with Gasteiger partial charge in [0.25, 0.3) is 0 Å². The van der Waals surface area contributed by atoms with Crippen LogP contribution in [0.2, 0.25) is 0 Å². The molecule has 0 fully saturated rings. The Morgan fingerprint density at radius 1 is 1.60 bits per heavy atom. The summed E-state index contributed by atoms with van der Waals surface area (Å²) in [5, 5.41) is 0. The molecular formula is C6H5N3O. The summed E-state index contributed by atoms with van der Waals surface area (Å²) in [6.45, 7) is 0. The first-order chi connectivity index (χ1) is 4.88. The average molecular weight is 135 g/mol. The lowest BCUT2D eigenvalue weighted by molar-refractivity contribution is 0.956. The lowest BCUT2D eigenvalue weighted by Crippen LogP contribution is -2.14. The van der Waals surface area contributed by atoms with Gasteiger partial charge in [0.05, 0.1) is 6.33 Å². The van der Waals surface area contributed by atoms with Gasteiger partial charge in [0, 0.05) is 6.20 Å². The van der Waals surface area contributed by atoms with Crippen molar-refractivity contribution in [1.82, 2.24) is 14.4 Å². The second-order valence-corrected chi connectivity index (χ2v) is 1.95. The molecule has 2 rings (SSSR count). The first-order valence-corrected chi connectivity index (χ1v) is 2.89. The summed E-state index contributed by atoms with van der Waals surface area (Å²) in [5.41, 5.74) is 0.513. The molecule has 2 heterocycles. The van der Waals surface area contributed by atoms with Crippen LogP contribution in [0.15, 0.2) is 29.5 Å². The maximum Gasteiger partial charge on any atom is 0.354 e. The highest BCUT2D eigenvalue weighted by Gasteiger charge is 1.92. The van der Waals surface area contributed by atoms with E-state index in [4.69, 9.17) is 0 Å². The molecule has 2 aromatic rings. The standard InChI is InChI=1S/C6H5N3O/c10-6-8-4-7-5-2-1-3-9(5)6/h1-4H,(H,7,8,10). The van der Waals surface area contributed by atoms with Crippen molar-refractivity contribution in [1.29, 1.82) is 0 Å². The number of H-pyrrole nitrogens is 1. The summed E-state index contributed by atoms with van der Waals surface area (Å²) in [6, 6.07) is 3.60. The van der Waals surface area contributed by atoms with Crippen molar-refractivity contribution < 1.29 is 0 Å². The molecule has 0 aromatic carbocycles. The Morgan fingerprint density at radius 2 is 2.50 bits per heavy atom. The minimum Gasteiger partial charge on any atom is -0.332 e. The Bertz CT molecular complexity index is 400. The lowest BCUT2D eigenvalue weighted by Gasteiger charge is -1.88. The number of hydrogen-bond acceptors (Lipinski definition) is 2. The molecule has 2 aromatic heterocycles. The molecular weight excluding hydrogens is 130 g/mol. The van der Waals surface area contributed by atoms with Crippen molar-refractivity contribution in [2.24, 2.45) is 0 Å². The number of rotatable bonds is 0. The third-order valence-electron chi connectivity index (χ3n) is 1.34. The van der Waals surface area contributed by atoms with Crippen molar-refractivity contribution in [2.45, 2.75) is 0 Å². The molecule has 0 aliphatic heterocycles. The molecule has 0 saturated heterocycles. The zero-order valence-electron chi connectivity index (χ0n) is 5.11. The van der Waals surface area contributed by atoms with Crippen molar-refractivity contribution >= 4 is 5.65 Å². The van der Waals surface area contributed by atoms with Crippen LogP contribution in [0.1, 0.15) is 0 Å². The van der Waals surface area contributed by atoms with E-state index in [1.807, 2.05) is 6.07 Å². The summed E-state index contributed by atoms with van der Waals surface area (Å²) in [6.07, 6.45) is 3.05. The third kappa shape index (κ3) is 0.556. The van der Waals surface area contributed by atoms with E-state index in [9.17, 15) is 4.79 Å². The van der Waals surface area contributed by atoms with Crippen LogP contribution in [0.5, 0.6) is 0 Å². The maximum absolute atomic E-state index is 10.9. The SMILES string of the molecule is O=c1nc[nH]c2cccn12. The molecule has 50 valence electrons. The molecule has 4 nitrogen and oxygen atoms in total. The van der Waals surface area contributed by atoms with Crippen LogP contribution in [0.4, 0.5) is 0 Å². The molecule has 10 heavy (non-hydrogen) atoms. The Hall–Kier alpha value is -1.58. The van der Waals surface area contributed by atoms with Gasteiger partial charge in [-0.3, -0.25) is 4.40 Å². The number of nitrogens with one attached hydrogen (secondary N) is 1. The van der Waals surface area contributed by atoms with E-state index in [-0.39, 0.29) is 5.69 Å². The molecule has 1 N–H and O–H groups in total. The van der Waals surface area contributed by atoms with Crippen molar-refractivity contribution in [3.05, 3.63) is 35.1 Å². The molecule has 0 amide bonds. The van der Waals surface area contributed by atoms with E-state index < -0.39 is 0 Å². The van der Waals surface area contributed by atoms with Gasteiger partial charge >= 0.3 is 5.69 Å². The van der Waals surface area contributed by atoms with E-state index in [1.165, 1.54) is 10.7 Å². The monoisotopic (exact) mass is 135 g/mol. The smallest absolute Gasteiger partial charge is 0.332 e. The second kappa shape index (κ2) is 1.70. The largest absolute Gasteiger partial charge is 0.354 e. The van der Waals surface area contributed by atoms with Crippen LogP contribution >= 0.6 is 0 Å². The molecule has 4 heteroatoms. The third-order valence-corrected chi connectivity index (χ3v) is 1.34. The molecule has 0 spiro atoms. The number of fused-ring (bicyclic) bond motifs is 1. The number of nitrogens with zero attached hydrogens (tertiary/aromatic N) is 2. The van der Waals surface area contributed by atoms with E-state index in [0.717, 1.165) is 5.65 Å². The average Bonchev–Trinajstić information content (AvgIpc) is 2.36. The predicted octanol–water partition coefficient (Wildman–Crippen LogP) is 0.0226. The van der Waals surface area contributed by atoms with Crippen LogP contribution in [-0.4, -0.2) is 14.4 Å². The molecule has 0 aliphatic carbocycles. The molecule has 0 atom stereocenters. The van der Waals surface area contributed by atoms with E-state index in [0.29, 0.717) is 0 Å². The van der Waals surface area contributed by atoms with Crippen LogP contribution in [-0.2, 0) is 0 Å². The van der Waals surface area contributed by atoms with Gasteiger partial charge in [-0.1, -0.05) is 0 Å². The van der Waals surface area contributed by atoms with Crippen LogP contribution in [0, 0.1) is 0 Å². The zero-order valence-corrected chi connectivity index (χ0v) is 5.11. The zero-order chi connectivity index (χ0) is 6.97. The van der Waals surface area contributed by atoms with Gasteiger partial charge in [-0.15, -0.1) is 0 Å². The maximum atomic E-state index is 10.9. The normalized spacial score (nSPS) is 10.4. The lowest BCUT2D eigenvalue weighted by atomic mass is 10.6. The van der Waals surface area contributed by atoms with Crippen LogP contribution < -0.4 is 5.69 Å². The summed E-state index contributed by atoms with van der Waals surface area (Å²) in [5.74, 6) is 0. The highest BCUT2D eigenvalue weighted by Crippen LogP contribution is 1.92. The Balaban J connectivity index is 3.09. The fraction of sp³-hybridized carbons (Fsp3) is 0. The minimum atomic E-state index is -0.251. The molecule has 0 aliphatic rings. The van der Waals surface area contributed by atoms with Crippen molar-refractivity contribution in [3.8, 4) is 0 Å². The molecule has 0 radical (unpaired) electrons. The highest BCUT2D eigenvalue weighted by atomic mass is 16.1. The van der Waals surface area contributed by atoms with Gasteiger partial charge in [0.15, 0.2) is 0 Å². The highest BCUT2D eigenvalue weighted by molar-refractivity contribution is 5.36. The number of hydrogen-bond donors (Lipinski definition) is 1. The van der Waals surface area contributed by atoms with Crippen molar-refractivity contribution in [2.75, 3.05) is 0 Å². The van der Waals surface area contributed by atoms with Gasteiger partial charge in [-0.25, -0.2) is 4.79 Å². The first-order valence-electron chi connectivity index (χ1n) is 2.89. The van der Waals surface area contributed by atoms with Gasteiger partial charge in [-0.2, -0.15) is 4.98 Å². The second-order valence-electron chi connectivity index (χ2n) is 1.95. The van der Waals surface area contributed by atoms with Crippen LogP contribution in [0.25, 0.3) is 5.65 Å². The van der Waals surface area contributed by atoms with Gasteiger partial charge in [0.1, 0.15) is 5.65 Å². The Morgan fingerprint density at radius 3 is 3.30 bits per heavy atom. The fourth-order valence-electron chi connectivity index (χ4n) is 0.881. The van der Waals surface area contributed by atoms with E-state index >= 15 is 0 Å². The Labute approximate surface area is 56.2 Å². The van der Waals surface area contributed by atoms with Gasteiger partial charge in [-0.05, 0) is 12.1 Å².